The number of aliphatic carboxylic acids is 1. The molecule has 0 spiro atoms. The minimum absolute atomic E-state index is 0.0359. The van der Waals surface area contributed by atoms with E-state index in [-0.39, 0.29) is 16.9 Å². The third kappa shape index (κ3) is 3.99. The molecular weight excluding hydrogens is 368 g/mol. The Labute approximate surface area is 176 Å². The summed E-state index contributed by atoms with van der Waals surface area (Å²) in [5.41, 5.74) is -0.940. The number of carbonyl (C=O) groups is 1. The maximum atomic E-state index is 11.8. The van der Waals surface area contributed by atoms with Crippen molar-refractivity contribution in [3.8, 4) is 0 Å². The van der Waals surface area contributed by atoms with Gasteiger partial charge in [0, 0.05) is 0 Å². The van der Waals surface area contributed by atoms with E-state index < -0.39 is 23.1 Å². The number of carboxylic acids is 1. The first-order valence-corrected chi connectivity index (χ1v) is 11.6. The highest BCUT2D eigenvalue weighted by Gasteiger charge is 2.60. The van der Waals surface area contributed by atoms with Crippen molar-refractivity contribution in [1.29, 1.82) is 0 Å². The first-order chi connectivity index (χ1) is 13.3. The molecule has 0 amide bonds. The molecule has 2 N–H and O–H groups in total. The van der Waals surface area contributed by atoms with Crippen LogP contribution in [0.3, 0.4) is 0 Å². The van der Waals surface area contributed by atoms with Crippen LogP contribution in [-0.4, -0.2) is 33.5 Å². The second kappa shape index (κ2) is 7.80. The highest BCUT2D eigenvalue weighted by Crippen LogP contribution is 2.62. The van der Waals surface area contributed by atoms with Crippen LogP contribution in [0.2, 0.25) is 0 Å². The van der Waals surface area contributed by atoms with Crippen LogP contribution in [0.4, 0.5) is 0 Å². The fourth-order valence-corrected chi connectivity index (χ4v) is 6.50. The van der Waals surface area contributed by atoms with Crippen LogP contribution in [0.1, 0.15) is 99.3 Å². The monoisotopic (exact) mass is 410 g/mol. The smallest absolute Gasteiger partial charge is 0.308 e. The molecule has 3 aliphatic rings. The van der Waals surface area contributed by atoms with E-state index >= 15 is 0 Å². The van der Waals surface area contributed by atoms with Gasteiger partial charge in [0.15, 0.2) is 0 Å². The Bertz CT molecular complexity index is 608. The largest absolute Gasteiger partial charge is 0.481 e. The molecule has 5 heteroatoms. The molecule has 1 saturated heterocycles. The van der Waals surface area contributed by atoms with Gasteiger partial charge in [0.05, 0.1) is 11.5 Å². The Kier molecular flexibility index (Phi) is 6.19. The third-order valence-corrected chi connectivity index (χ3v) is 9.39. The van der Waals surface area contributed by atoms with Gasteiger partial charge >= 0.3 is 5.97 Å². The van der Waals surface area contributed by atoms with E-state index in [1.54, 1.807) is 6.92 Å². The Morgan fingerprint density at radius 2 is 1.76 bits per heavy atom. The average Bonchev–Trinajstić information content (AvgIpc) is 2.65. The summed E-state index contributed by atoms with van der Waals surface area (Å²) in [5, 5.41) is 21.0. The molecule has 0 radical (unpaired) electrons. The molecule has 0 aromatic rings. The molecule has 0 aromatic heterocycles. The third-order valence-electron chi connectivity index (χ3n) is 9.39. The molecule has 2 saturated carbocycles. The SMILES string of the molecule is CC(C(=O)O)C1CCC(C)(CCC2(C)C(C)CCC3(O)C2CCCC3(C)C)OO1. The minimum atomic E-state index is -0.843. The van der Waals surface area contributed by atoms with Gasteiger partial charge in [0.2, 0.25) is 0 Å². The summed E-state index contributed by atoms with van der Waals surface area (Å²) in [7, 11) is 0. The van der Waals surface area contributed by atoms with Crippen molar-refractivity contribution in [2.24, 2.45) is 28.6 Å². The Morgan fingerprint density at radius 3 is 2.34 bits per heavy atom. The molecule has 7 unspecified atom stereocenters. The predicted octanol–water partition coefficient (Wildman–Crippen LogP) is 5.35. The quantitative estimate of drug-likeness (QED) is 0.598. The zero-order chi connectivity index (χ0) is 21.7. The zero-order valence-corrected chi connectivity index (χ0v) is 19.3. The summed E-state index contributed by atoms with van der Waals surface area (Å²) in [6.07, 6.45) is 8.37. The van der Waals surface area contributed by atoms with E-state index in [1.807, 2.05) is 0 Å². The number of fused-ring (bicyclic) bond motifs is 1. The number of hydrogen-bond donors (Lipinski definition) is 2. The summed E-state index contributed by atoms with van der Waals surface area (Å²) in [6.45, 7) is 13.0. The number of hydrogen-bond acceptors (Lipinski definition) is 4. The molecule has 0 aromatic carbocycles. The molecule has 1 aliphatic heterocycles. The second-order valence-corrected chi connectivity index (χ2v) is 11.5. The van der Waals surface area contributed by atoms with Gasteiger partial charge in [-0.15, -0.1) is 0 Å². The van der Waals surface area contributed by atoms with Crippen LogP contribution in [0.5, 0.6) is 0 Å². The van der Waals surface area contributed by atoms with E-state index in [0.29, 0.717) is 18.3 Å². The van der Waals surface area contributed by atoms with Crippen molar-refractivity contribution in [2.45, 2.75) is 117 Å². The normalized spacial score (nSPS) is 46.0. The van der Waals surface area contributed by atoms with Crippen LogP contribution in [-0.2, 0) is 14.6 Å². The Balaban J connectivity index is 1.69. The van der Waals surface area contributed by atoms with Gasteiger partial charge in [-0.3, -0.25) is 4.79 Å². The predicted molar refractivity (Wildman–Crippen MR) is 112 cm³/mol. The molecule has 1 heterocycles. The molecule has 168 valence electrons. The van der Waals surface area contributed by atoms with Crippen molar-refractivity contribution in [3.05, 3.63) is 0 Å². The van der Waals surface area contributed by atoms with E-state index in [0.717, 1.165) is 44.9 Å². The maximum Gasteiger partial charge on any atom is 0.308 e. The molecule has 5 nitrogen and oxygen atoms in total. The molecular formula is C24H42O5. The van der Waals surface area contributed by atoms with Gasteiger partial charge in [-0.1, -0.05) is 34.1 Å². The molecule has 3 fully saturated rings. The van der Waals surface area contributed by atoms with E-state index in [1.165, 1.54) is 6.42 Å². The lowest BCUT2D eigenvalue weighted by molar-refractivity contribution is -0.412. The Hall–Kier alpha value is -0.650. The van der Waals surface area contributed by atoms with Gasteiger partial charge in [-0.05, 0) is 87.9 Å². The zero-order valence-electron chi connectivity index (χ0n) is 19.3. The lowest BCUT2D eigenvalue weighted by Crippen LogP contribution is -2.62. The Morgan fingerprint density at radius 1 is 1.07 bits per heavy atom. The molecule has 0 bridgehead atoms. The van der Waals surface area contributed by atoms with E-state index in [9.17, 15) is 15.0 Å². The highest BCUT2D eigenvalue weighted by molar-refractivity contribution is 5.70. The number of rotatable bonds is 5. The van der Waals surface area contributed by atoms with Gasteiger partial charge in [-0.2, -0.15) is 0 Å². The number of aliphatic hydroxyl groups is 1. The fraction of sp³-hybridized carbons (Fsp3) is 0.958. The van der Waals surface area contributed by atoms with Gasteiger partial charge in [0.25, 0.3) is 0 Å². The van der Waals surface area contributed by atoms with Crippen LogP contribution >= 0.6 is 0 Å². The lowest BCUT2D eigenvalue weighted by atomic mass is 9.45. The highest BCUT2D eigenvalue weighted by atomic mass is 17.2. The first kappa shape index (κ1) is 23.0. The standard InChI is InChI=1S/C24H42O5/c1-16-9-13-24(27)19(8-7-11-21(24,3)4)23(16,6)15-14-22(5)12-10-18(28-29-22)17(2)20(25)26/h16-19,27H,7-15H2,1-6H3,(H,25,26). The van der Waals surface area contributed by atoms with Gasteiger partial charge in [0.1, 0.15) is 11.7 Å². The number of carboxylic acid groups (broad SMARTS) is 1. The molecule has 7 atom stereocenters. The summed E-state index contributed by atoms with van der Waals surface area (Å²) in [5.74, 6) is -0.523. The maximum absolute atomic E-state index is 11.8. The first-order valence-electron chi connectivity index (χ1n) is 11.6. The van der Waals surface area contributed by atoms with Crippen molar-refractivity contribution < 1.29 is 24.8 Å². The van der Waals surface area contributed by atoms with Crippen molar-refractivity contribution in [2.75, 3.05) is 0 Å². The van der Waals surface area contributed by atoms with Crippen LogP contribution in [0.25, 0.3) is 0 Å². The van der Waals surface area contributed by atoms with Crippen molar-refractivity contribution in [3.63, 3.8) is 0 Å². The van der Waals surface area contributed by atoms with Gasteiger partial charge < -0.3 is 10.2 Å². The van der Waals surface area contributed by atoms with Crippen LogP contribution in [0, 0.1) is 28.6 Å². The van der Waals surface area contributed by atoms with Crippen molar-refractivity contribution >= 4 is 5.97 Å². The topological polar surface area (TPSA) is 76.0 Å². The second-order valence-electron chi connectivity index (χ2n) is 11.5. The average molecular weight is 411 g/mol. The van der Waals surface area contributed by atoms with Crippen molar-refractivity contribution in [1.82, 2.24) is 0 Å². The summed E-state index contributed by atoms with van der Waals surface area (Å²) in [4.78, 5) is 22.6. The van der Waals surface area contributed by atoms with Gasteiger partial charge in [-0.25, -0.2) is 9.78 Å². The molecule has 29 heavy (non-hydrogen) atoms. The van der Waals surface area contributed by atoms with Crippen LogP contribution in [0.15, 0.2) is 0 Å². The van der Waals surface area contributed by atoms with Crippen LogP contribution < -0.4 is 0 Å². The fourth-order valence-electron chi connectivity index (χ4n) is 6.50. The van der Waals surface area contributed by atoms with E-state index in [2.05, 4.69) is 34.6 Å². The summed E-state index contributed by atoms with van der Waals surface area (Å²) in [6, 6.07) is 0. The lowest BCUT2D eigenvalue weighted by Gasteiger charge is -2.62. The molecule has 3 rings (SSSR count). The van der Waals surface area contributed by atoms with E-state index in [4.69, 9.17) is 9.78 Å². The summed E-state index contributed by atoms with van der Waals surface area (Å²) >= 11 is 0. The minimum Gasteiger partial charge on any atom is -0.481 e. The molecule has 2 aliphatic carbocycles. The summed E-state index contributed by atoms with van der Waals surface area (Å²) < 4.78 is 0.